The van der Waals surface area contributed by atoms with Crippen LogP contribution in [0.3, 0.4) is 0 Å². The topological polar surface area (TPSA) is 63.5 Å². The van der Waals surface area contributed by atoms with Crippen molar-refractivity contribution in [3.05, 3.63) is 89.7 Å². The number of benzene rings is 2. The lowest BCUT2D eigenvalue weighted by Gasteiger charge is -2.15. The molecule has 6 heteroatoms. The van der Waals surface area contributed by atoms with Crippen LogP contribution in [0.5, 0.6) is 0 Å². The first kappa shape index (κ1) is 21.6. The maximum absolute atomic E-state index is 5.92. The van der Waals surface area contributed by atoms with Crippen molar-refractivity contribution in [2.75, 3.05) is 20.2 Å². The van der Waals surface area contributed by atoms with Crippen molar-refractivity contribution in [3.63, 3.8) is 0 Å². The van der Waals surface area contributed by atoms with E-state index in [0.29, 0.717) is 13.2 Å². The van der Waals surface area contributed by atoms with E-state index < -0.39 is 0 Å². The summed E-state index contributed by atoms with van der Waals surface area (Å²) in [7, 11) is 1.79. The zero-order valence-corrected chi connectivity index (χ0v) is 17.8. The van der Waals surface area contributed by atoms with Gasteiger partial charge in [0, 0.05) is 39.1 Å². The zero-order chi connectivity index (χ0) is 21.0. The van der Waals surface area contributed by atoms with Crippen LogP contribution in [0, 0.1) is 0 Å². The fraction of sp³-hybridized carbons (Fsp3) is 0.333. The minimum absolute atomic E-state index is 0.109. The van der Waals surface area contributed by atoms with Crippen LogP contribution in [0.2, 0.25) is 0 Å². The van der Waals surface area contributed by atoms with Crippen molar-refractivity contribution in [3.8, 4) is 0 Å². The van der Waals surface area contributed by atoms with Gasteiger partial charge in [-0.1, -0.05) is 54.6 Å². The highest BCUT2D eigenvalue weighted by Crippen LogP contribution is 2.15. The van der Waals surface area contributed by atoms with E-state index in [1.54, 1.807) is 13.2 Å². The highest BCUT2D eigenvalue weighted by atomic mass is 16.5. The maximum atomic E-state index is 5.92. The number of nitrogens with one attached hydrogen (secondary N) is 2. The van der Waals surface area contributed by atoms with Crippen molar-refractivity contribution in [2.45, 2.75) is 32.5 Å². The number of aromatic nitrogens is 2. The summed E-state index contributed by atoms with van der Waals surface area (Å²) < 4.78 is 7.85. The Bertz CT molecular complexity index is 893. The molecule has 0 spiro atoms. The summed E-state index contributed by atoms with van der Waals surface area (Å²) in [4.78, 5) is 4.31. The minimum Gasteiger partial charge on any atom is -0.374 e. The molecule has 0 aliphatic carbocycles. The van der Waals surface area contributed by atoms with Crippen LogP contribution >= 0.6 is 0 Å². The molecule has 0 aliphatic rings. The molecule has 3 aromatic rings. The number of rotatable bonds is 10. The van der Waals surface area contributed by atoms with Crippen LogP contribution in [0.1, 0.15) is 36.1 Å². The highest BCUT2D eigenvalue weighted by molar-refractivity contribution is 5.79. The molecule has 30 heavy (non-hydrogen) atoms. The molecule has 0 aliphatic heterocycles. The van der Waals surface area contributed by atoms with E-state index in [-0.39, 0.29) is 6.10 Å². The molecule has 158 valence electrons. The SMILES string of the molecule is CN=C(NCCCOC(C)c1ccccc1)NCc1cccc(Cn2cccn2)c1. The Morgan fingerprint density at radius 3 is 2.67 bits per heavy atom. The normalized spacial score (nSPS) is 12.5. The Kier molecular flexibility index (Phi) is 8.47. The number of guanidine groups is 1. The predicted octanol–water partition coefficient (Wildman–Crippen LogP) is 3.76. The van der Waals surface area contributed by atoms with Gasteiger partial charge in [0.2, 0.25) is 0 Å². The standard InChI is InChI=1S/C24H31N5O/c1-20(23-11-4-3-5-12-23)30-16-8-13-26-24(25-2)27-18-21-9-6-10-22(17-21)19-29-15-7-14-28-29/h3-7,9-12,14-15,17,20H,8,13,16,18-19H2,1-2H3,(H2,25,26,27). The average molecular weight is 406 g/mol. The van der Waals surface area contributed by atoms with Gasteiger partial charge < -0.3 is 15.4 Å². The summed E-state index contributed by atoms with van der Waals surface area (Å²) in [6.45, 7) is 5.09. The van der Waals surface area contributed by atoms with Gasteiger partial charge in [-0.2, -0.15) is 5.10 Å². The second-order valence-corrected chi connectivity index (χ2v) is 7.15. The van der Waals surface area contributed by atoms with Crippen LogP contribution in [-0.2, 0) is 17.8 Å². The highest BCUT2D eigenvalue weighted by Gasteiger charge is 2.05. The van der Waals surface area contributed by atoms with Crippen LogP contribution in [0.25, 0.3) is 0 Å². The molecule has 0 saturated carbocycles. The molecule has 1 heterocycles. The molecule has 6 nitrogen and oxygen atoms in total. The molecule has 2 aromatic carbocycles. The molecule has 2 N–H and O–H groups in total. The molecule has 1 unspecified atom stereocenters. The largest absolute Gasteiger partial charge is 0.374 e. The van der Waals surface area contributed by atoms with Crippen LogP contribution in [-0.4, -0.2) is 35.9 Å². The summed E-state index contributed by atoms with van der Waals surface area (Å²) in [5, 5.41) is 11.0. The fourth-order valence-electron chi connectivity index (χ4n) is 3.18. The van der Waals surface area contributed by atoms with E-state index in [1.807, 2.05) is 35.1 Å². The first-order valence-corrected chi connectivity index (χ1v) is 10.4. The van der Waals surface area contributed by atoms with Crippen molar-refractivity contribution in [1.29, 1.82) is 0 Å². The quantitative estimate of drug-likeness (QED) is 0.306. The summed E-state index contributed by atoms with van der Waals surface area (Å²) in [5.74, 6) is 0.795. The van der Waals surface area contributed by atoms with Gasteiger partial charge in [0.25, 0.3) is 0 Å². The van der Waals surface area contributed by atoms with E-state index in [4.69, 9.17) is 4.74 Å². The molecule has 0 saturated heterocycles. The Balaban J connectivity index is 1.36. The van der Waals surface area contributed by atoms with Crippen molar-refractivity contribution < 1.29 is 4.74 Å². The predicted molar refractivity (Wildman–Crippen MR) is 121 cm³/mol. The summed E-state index contributed by atoms with van der Waals surface area (Å²) in [5.41, 5.74) is 3.64. The van der Waals surface area contributed by atoms with Gasteiger partial charge in [-0.3, -0.25) is 9.67 Å². The molecule has 0 radical (unpaired) electrons. The minimum atomic E-state index is 0.109. The average Bonchev–Trinajstić information content (AvgIpc) is 3.29. The van der Waals surface area contributed by atoms with Gasteiger partial charge in [0.05, 0.1) is 12.6 Å². The van der Waals surface area contributed by atoms with Crippen LogP contribution < -0.4 is 10.6 Å². The Hall–Kier alpha value is -3.12. The number of nitrogens with zero attached hydrogens (tertiary/aromatic N) is 3. The lowest BCUT2D eigenvalue weighted by Crippen LogP contribution is -2.37. The lowest BCUT2D eigenvalue weighted by atomic mass is 10.1. The first-order chi connectivity index (χ1) is 14.7. The second-order valence-electron chi connectivity index (χ2n) is 7.15. The van der Waals surface area contributed by atoms with Gasteiger partial charge in [0.1, 0.15) is 0 Å². The number of aliphatic imine (C=N–C) groups is 1. The third kappa shape index (κ3) is 7.04. The summed E-state index contributed by atoms with van der Waals surface area (Å²) in [6, 6.07) is 20.7. The van der Waals surface area contributed by atoms with Crippen LogP contribution in [0.4, 0.5) is 0 Å². The van der Waals surface area contributed by atoms with Crippen molar-refractivity contribution in [2.24, 2.45) is 4.99 Å². The fourth-order valence-corrected chi connectivity index (χ4v) is 3.18. The molecule has 3 rings (SSSR count). The monoisotopic (exact) mass is 405 g/mol. The second kappa shape index (κ2) is 11.8. The van der Waals surface area contributed by atoms with Gasteiger partial charge in [-0.15, -0.1) is 0 Å². The summed E-state index contributed by atoms with van der Waals surface area (Å²) in [6.07, 6.45) is 4.80. The zero-order valence-electron chi connectivity index (χ0n) is 17.8. The smallest absolute Gasteiger partial charge is 0.191 e. The Morgan fingerprint density at radius 2 is 1.90 bits per heavy atom. The van der Waals surface area contributed by atoms with Gasteiger partial charge in [-0.25, -0.2) is 0 Å². The maximum Gasteiger partial charge on any atom is 0.191 e. The Labute approximate surface area is 179 Å². The van der Waals surface area contributed by atoms with Crippen molar-refractivity contribution in [1.82, 2.24) is 20.4 Å². The van der Waals surface area contributed by atoms with Gasteiger partial charge in [0.15, 0.2) is 5.96 Å². The molecule has 1 aromatic heterocycles. The number of ether oxygens (including phenoxy) is 1. The molecule has 1 atom stereocenters. The summed E-state index contributed by atoms with van der Waals surface area (Å²) >= 11 is 0. The third-order valence-electron chi connectivity index (χ3n) is 4.83. The van der Waals surface area contributed by atoms with Crippen molar-refractivity contribution >= 4 is 5.96 Å². The number of hydrogen-bond acceptors (Lipinski definition) is 3. The van der Waals surface area contributed by atoms with Crippen LogP contribution in [0.15, 0.2) is 78.0 Å². The molecule has 0 bridgehead atoms. The number of hydrogen-bond donors (Lipinski definition) is 2. The van der Waals surface area contributed by atoms with E-state index in [9.17, 15) is 0 Å². The third-order valence-corrected chi connectivity index (χ3v) is 4.83. The molecule has 0 fully saturated rings. The Morgan fingerprint density at radius 1 is 1.07 bits per heavy atom. The van der Waals surface area contributed by atoms with E-state index in [0.717, 1.165) is 25.5 Å². The lowest BCUT2D eigenvalue weighted by molar-refractivity contribution is 0.0646. The van der Waals surface area contributed by atoms with E-state index in [1.165, 1.54) is 16.7 Å². The first-order valence-electron chi connectivity index (χ1n) is 10.4. The van der Waals surface area contributed by atoms with Gasteiger partial charge >= 0.3 is 0 Å². The molecular weight excluding hydrogens is 374 g/mol. The van der Waals surface area contributed by atoms with E-state index >= 15 is 0 Å². The van der Waals surface area contributed by atoms with Gasteiger partial charge in [-0.05, 0) is 36.1 Å². The van der Waals surface area contributed by atoms with E-state index in [2.05, 4.69) is 64.0 Å². The molecule has 0 amide bonds. The molecular formula is C24H31N5O.